The highest BCUT2D eigenvalue weighted by Crippen LogP contribution is 2.37. The topological polar surface area (TPSA) is 93.6 Å². The van der Waals surface area contributed by atoms with E-state index in [9.17, 15) is 9.59 Å². The van der Waals surface area contributed by atoms with E-state index in [1.807, 2.05) is 13.8 Å². The van der Waals surface area contributed by atoms with Gasteiger partial charge in [0.1, 0.15) is 17.4 Å². The van der Waals surface area contributed by atoms with Crippen LogP contribution in [0.4, 0.5) is 17.5 Å². The summed E-state index contributed by atoms with van der Waals surface area (Å²) in [6, 6.07) is 5.40. The van der Waals surface area contributed by atoms with Crippen LogP contribution in [-0.4, -0.2) is 48.5 Å². The van der Waals surface area contributed by atoms with Gasteiger partial charge in [-0.25, -0.2) is 9.78 Å². The molecule has 0 atom stereocenters. The summed E-state index contributed by atoms with van der Waals surface area (Å²) in [5.74, 6) is 1.51. The third kappa shape index (κ3) is 4.26. The molecule has 1 aliphatic heterocycles. The van der Waals surface area contributed by atoms with E-state index in [0.29, 0.717) is 42.0 Å². The number of nitrogens with zero attached hydrogens (tertiary/aromatic N) is 3. The number of rotatable bonds is 5. The zero-order valence-corrected chi connectivity index (χ0v) is 19.1. The number of carbonyl (C=O) groups is 2. The van der Waals surface area contributed by atoms with Gasteiger partial charge in [-0.1, -0.05) is 26.7 Å². The first-order chi connectivity index (χ1) is 15.3. The average Bonchev–Trinajstić information content (AvgIpc) is 3.30. The van der Waals surface area contributed by atoms with E-state index >= 15 is 0 Å². The predicted octanol–water partition coefficient (Wildman–Crippen LogP) is 3.92. The molecular weight excluding hydrogens is 408 g/mol. The number of aromatic nitrogens is 2. The summed E-state index contributed by atoms with van der Waals surface area (Å²) in [6.45, 7) is 4.68. The summed E-state index contributed by atoms with van der Waals surface area (Å²) < 4.78 is 10.2. The molecule has 1 fully saturated rings. The Morgan fingerprint density at radius 1 is 1.22 bits per heavy atom. The van der Waals surface area contributed by atoms with Gasteiger partial charge < -0.3 is 19.7 Å². The fourth-order valence-electron chi connectivity index (χ4n) is 4.51. The molecule has 8 nitrogen and oxygen atoms in total. The number of carbonyl (C=O) groups excluding carboxylic acids is 2. The number of Topliss-reactive ketones (excluding diaryl/α,β-unsaturated/α-hetero) is 1. The quantitative estimate of drug-likeness (QED) is 0.702. The fraction of sp³-hybridized carbons (Fsp3) is 0.500. The summed E-state index contributed by atoms with van der Waals surface area (Å²) in [6.07, 6.45) is 6.71. The molecule has 0 unspecified atom stereocenters. The van der Waals surface area contributed by atoms with Gasteiger partial charge in [0.05, 0.1) is 25.5 Å². The Balaban J connectivity index is 1.68. The molecule has 32 heavy (non-hydrogen) atoms. The van der Waals surface area contributed by atoms with Gasteiger partial charge in [0, 0.05) is 36.2 Å². The molecule has 8 heteroatoms. The van der Waals surface area contributed by atoms with Crippen LogP contribution in [0, 0.1) is 5.41 Å². The number of ether oxygens (including phenoxy) is 2. The smallest absolute Gasteiger partial charge is 0.337 e. The summed E-state index contributed by atoms with van der Waals surface area (Å²) >= 11 is 0. The van der Waals surface area contributed by atoms with Crippen molar-refractivity contribution in [2.45, 2.75) is 52.0 Å². The summed E-state index contributed by atoms with van der Waals surface area (Å²) in [5, 5.41) is 3.21. The number of esters is 1. The van der Waals surface area contributed by atoms with Gasteiger partial charge in [-0.3, -0.25) is 4.79 Å². The number of hydrogen-bond donors (Lipinski definition) is 1. The Morgan fingerprint density at radius 2 is 1.97 bits per heavy atom. The molecule has 2 aromatic rings. The number of ketones is 1. The maximum absolute atomic E-state index is 12.9. The van der Waals surface area contributed by atoms with Gasteiger partial charge in [0.25, 0.3) is 0 Å². The molecule has 170 valence electrons. The van der Waals surface area contributed by atoms with Gasteiger partial charge in [-0.05, 0) is 31.0 Å². The van der Waals surface area contributed by atoms with E-state index in [4.69, 9.17) is 14.5 Å². The van der Waals surface area contributed by atoms with Crippen LogP contribution < -0.4 is 15.0 Å². The zero-order chi connectivity index (χ0) is 22.9. The lowest BCUT2D eigenvalue weighted by Gasteiger charge is -2.34. The highest BCUT2D eigenvalue weighted by molar-refractivity contribution is 5.91. The van der Waals surface area contributed by atoms with Crippen molar-refractivity contribution in [2.24, 2.45) is 5.41 Å². The monoisotopic (exact) mass is 438 g/mol. The number of hydrogen-bond acceptors (Lipinski definition) is 8. The second-order valence-electron chi connectivity index (χ2n) is 9.12. The number of fused-ring (bicyclic) bond motifs is 1. The molecule has 1 aliphatic carbocycles. The first kappa shape index (κ1) is 22.0. The number of anilines is 3. The van der Waals surface area contributed by atoms with E-state index in [1.165, 1.54) is 27.1 Å². The summed E-state index contributed by atoms with van der Waals surface area (Å²) in [7, 11) is 2.88. The predicted molar refractivity (Wildman–Crippen MR) is 122 cm³/mol. The van der Waals surface area contributed by atoms with Gasteiger partial charge in [0.15, 0.2) is 0 Å². The standard InChI is InChI=1S/C24H30N4O4/c1-24(2)14-28(17-7-5-6-8-17)21-16(12-20(24)29)13-25-23(27-21)26-18-10-9-15(22(30)32-4)11-19(18)31-3/h9-11,13,17H,5-8,12,14H2,1-4H3,(H,25,26,27). The average molecular weight is 439 g/mol. The van der Waals surface area contributed by atoms with Crippen LogP contribution in [0.5, 0.6) is 5.75 Å². The SMILES string of the molecule is COC(=O)c1ccc(Nc2ncc3c(n2)N(C2CCCC2)CC(C)(C)C(=O)C3)c(OC)c1. The minimum atomic E-state index is -0.441. The third-order valence-electron chi connectivity index (χ3n) is 6.42. The first-order valence-electron chi connectivity index (χ1n) is 11.0. The highest BCUT2D eigenvalue weighted by Gasteiger charge is 2.38. The van der Waals surface area contributed by atoms with E-state index in [2.05, 4.69) is 15.2 Å². The van der Waals surface area contributed by atoms with Crippen molar-refractivity contribution in [3.8, 4) is 5.75 Å². The molecule has 1 saturated carbocycles. The van der Waals surface area contributed by atoms with Crippen LogP contribution in [0.1, 0.15) is 55.5 Å². The van der Waals surface area contributed by atoms with E-state index in [1.54, 1.807) is 24.4 Å². The highest BCUT2D eigenvalue weighted by atomic mass is 16.5. The van der Waals surface area contributed by atoms with Crippen molar-refractivity contribution in [1.29, 1.82) is 0 Å². The maximum Gasteiger partial charge on any atom is 0.337 e. The molecule has 0 radical (unpaired) electrons. The lowest BCUT2D eigenvalue weighted by molar-refractivity contribution is -0.125. The zero-order valence-electron chi connectivity index (χ0n) is 19.1. The Kier molecular flexibility index (Phi) is 6.04. The number of methoxy groups -OCH3 is 2. The first-order valence-corrected chi connectivity index (χ1v) is 11.0. The van der Waals surface area contributed by atoms with Gasteiger partial charge in [-0.2, -0.15) is 4.98 Å². The Hall–Kier alpha value is -3.16. The molecule has 2 heterocycles. The molecule has 1 N–H and O–H groups in total. The Bertz CT molecular complexity index is 1030. The molecule has 1 aromatic carbocycles. The van der Waals surface area contributed by atoms with Crippen LogP contribution in [0.3, 0.4) is 0 Å². The summed E-state index contributed by atoms with van der Waals surface area (Å²) in [4.78, 5) is 36.3. The van der Waals surface area contributed by atoms with E-state index in [0.717, 1.165) is 24.2 Å². The lowest BCUT2D eigenvalue weighted by atomic mass is 9.86. The Morgan fingerprint density at radius 3 is 2.66 bits per heavy atom. The van der Waals surface area contributed by atoms with Crippen LogP contribution >= 0.6 is 0 Å². The molecule has 0 bridgehead atoms. The normalized spacial score (nSPS) is 18.1. The maximum atomic E-state index is 12.9. The van der Waals surface area contributed by atoms with E-state index in [-0.39, 0.29) is 5.78 Å². The molecule has 4 rings (SSSR count). The van der Waals surface area contributed by atoms with Gasteiger partial charge >= 0.3 is 5.97 Å². The Labute approximate surface area is 188 Å². The second-order valence-corrected chi connectivity index (χ2v) is 9.12. The van der Waals surface area contributed by atoms with Crippen molar-refractivity contribution in [1.82, 2.24) is 9.97 Å². The van der Waals surface area contributed by atoms with Crippen LogP contribution in [0.2, 0.25) is 0 Å². The van der Waals surface area contributed by atoms with E-state index < -0.39 is 11.4 Å². The van der Waals surface area contributed by atoms with Gasteiger partial charge in [0.2, 0.25) is 5.95 Å². The van der Waals surface area contributed by atoms with Crippen molar-refractivity contribution < 1.29 is 19.1 Å². The largest absolute Gasteiger partial charge is 0.495 e. The molecular formula is C24H30N4O4. The van der Waals surface area contributed by atoms with Crippen molar-refractivity contribution in [3.63, 3.8) is 0 Å². The van der Waals surface area contributed by atoms with Crippen molar-refractivity contribution in [2.75, 3.05) is 31.0 Å². The third-order valence-corrected chi connectivity index (χ3v) is 6.42. The van der Waals surface area contributed by atoms with Crippen LogP contribution in [-0.2, 0) is 16.0 Å². The molecule has 2 aliphatic rings. The molecule has 0 saturated heterocycles. The van der Waals surface area contributed by atoms with Crippen LogP contribution in [0.25, 0.3) is 0 Å². The van der Waals surface area contributed by atoms with Crippen LogP contribution in [0.15, 0.2) is 24.4 Å². The minimum absolute atomic E-state index is 0.212. The lowest BCUT2D eigenvalue weighted by Crippen LogP contribution is -2.42. The fourth-order valence-corrected chi connectivity index (χ4v) is 4.51. The number of nitrogens with one attached hydrogen (secondary N) is 1. The second kappa shape index (κ2) is 8.76. The van der Waals surface area contributed by atoms with Crippen molar-refractivity contribution in [3.05, 3.63) is 35.5 Å². The molecule has 0 amide bonds. The van der Waals surface area contributed by atoms with Crippen molar-refractivity contribution >= 4 is 29.2 Å². The minimum Gasteiger partial charge on any atom is -0.495 e. The summed E-state index contributed by atoms with van der Waals surface area (Å²) in [5.41, 5.74) is 1.46. The molecule has 0 spiro atoms. The van der Waals surface area contributed by atoms with Gasteiger partial charge in [-0.15, -0.1) is 0 Å². The molecule has 1 aromatic heterocycles. The number of benzene rings is 1.